The van der Waals surface area contributed by atoms with Crippen LogP contribution in [-0.2, 0) is 28.5 Å². The van der Waals surface area contributed by atoms with Crippen molar-refractivity contribution in [3.63, 3.8) is 0 Å². The molecule has 43 heavy (non-hydrogen) atoms. The molecule has 3 rings (SSSR count). The van der Waals surface area contributed by atoms with Crippen LogP contribution in [-0.4, -0.2) is 195 Å². The fourth-order valence-corrected chi connectivity index (χ4v) is 5.31. The van der Waals surface area contributed by atoms with E-state index >= 15 is 0 Å². The number of hydrogen-bond acceptors (Lipinski definition) is 18. The zero-order valence-electron chi connectivity index (χ0n) is 23.5. The number of ether oxygens (including phenoxy) is 4. The van der Waals surface area contributed by atoms with Crippen molar-refractivity contribution in [2.75, 3.05) is 19.8 Å². The Morgan fingerprint density at radius 1 is 0.977 bits per heavy atom. The van der Waals surface area contributed by atoms with Crippen molar-refractivity contribution in [3.8, 4) is 0 Å². The number of nitrogens with one attached hydrogen (secondary N) is 1. The molecule has 3 heterocycles. The highest BCUT2D eigenvalue weighted by atomic mass is 16.7. The molecular formula is C23H39NO19. The molecule has 20 heteroatoms. The molecular weight excluding hydrogens is 594 g/mol. The first-order valence-corrected chi connectivity index (χ1v) is 13.0. The van der Waals surface area contributed by atoms with E-state index in [0.29, 0.717) is 0 Å². The molecule has 3 fully saturated rings. The van der Waals surface area contributed by atoms with Gasteiger partial charge in [-0.05, 0) is 0 Å². The van der Waals surface area contributed by atoms with E-state index in [9.17, 15) is 76.0 Å². The van der Waals surface area contributed by atoms with Crippen molar-refractivity contribution < 1.29 is 96.3 Å². The van der Waals surface area contributed by atoms with E-state index in [-0.39, 0.29) is 0 Å². The van der Waals surface area contributed by atoms with Gasteiger partial charge in [0.15, 0.2) is 6.29 Å². The number of aliphatic hydroxyl groups excluding tert-OH is 11. The van der Waals surface area contributed by atoms with E-state index in [0.717, 1.165) is 6.92 Å². The van der Waals surface area contributed by atoms with Gasteiger partial charge in [0, 0.05) is 14.7 Å². The van der Waals surface area contributed by atoms with Crippen LogP contribution in [0.4, 0.5) is 0 Å². The lowest BCUT2D eigenvalue weighted by Gasteiger charge is -2.57. The molecule has 14 N–H and O–H groups in total. The topological polar surface area (TPSA) is 346 Å². The average molecular weight is 635 g/mol. The van der Waals surface area contributed by atoms with Gasteiger partial charge in [-0.3, -0.25) is 4.79 Å². The van der Waals surface area contributed by atoms with Crippen LogP contribution in [0.5, 0.6) is 0 Å². The number of hydrogen-bond donors (Lipinski definition) is 14. The van der Waals surface area contributed by atoms with Gasteiger partial charge in [-0.25, -0.2) is 4.79 Å². The molecule has 3 saturated heterocycles. The summed E-state index contributed by atoms with van der Waals surface area (Å²) in [6.45, 7) is -2.35. The summed E-state index contributed by atoms with van der Waals surface area (Å²) in [6, 6.07) is -1.86. The highest BCUT2D eigenvalue weighted by Gasteiger charge is 2.72. The fraction of sp³-hybridized carbons (Fsp3) is 0.913. The minimum atomic E-state index is -3.81. The first-order valence-electron chi connectivity index (χ1n) is 13.6. The second-order valence-corrected chi connectivity index (χ2v) is 10.5. The number of carbonyl (C=O) groups is 2. The van der Waals surface area contributed by atoms with Crippen molar-refractivity contribution in [2.45, 2.75) is 110 Å². The van der Waals surface area contributed by atoms with Gasteiger partial charge in [0.1, 0.15) is 67.1 Å². The predicted octanol–water partition coefficient (Wildman–Crippen LogP) is -8.84. The van der Waals surface area contributed by atoms with Crippen LogP contribution >= 0.6 is 0 Å². The molecule has 1 amide bonds. The molecule has 0 radical (unpaired) electrons. The number of rotatable bonds is 10. The van der Waals surface area contributed by atoms with Gasteiger partial charge >= 0.3 is 5.97 Å². The number of carboxylic acids is 1. The van der Waals surface area contributed by atoms with E-state index in [1.165, 1.54) is 0 Å². The standard InChI is InChI=1S/C23H39NO19/c1-6(28)24-11-7(29)2-22(21(37)38,43-18(11)12(31)8(30)3-25)23(39)19(36)16(35)17(10(5-27)42-23)41-20-15(34)14(33)13(32)9(4-26)40-20/h7-20,25-27,29-36,39H,2-5H2,1H3,(H,24,28)(H,37,38)/t7-,8+,9+,10+,11+,12+,13-,14-,15+,16-,17+,18+,19+,20-,22?,23?/m0/s1/i2D/t2?,7-,8+,9+,10+,11+,12+,13-,14-,15+,16-,17+,18+,19+,20-,22?,23?. The van der Waals surface area contributed by atoms with Gasteiger partial charge in [-0.1, -0.05) is 0 Å². The van der Waals surface area contributed by atoms with Crippen LogP contribution in [0.15, 0.2) is 0 Å². The third-order valence-electron chi connectivity index (χ3n) is 7.67. The molecule has 250 valence electrons. The van der Waals surface area contributed by atoms with E-state index in [1.807, 2.05) is 0 Å². The Labute approximate surface area is 244 Å². The Kier molecular flexibility index (Phi) is 10.9. The van der Waals surface area contributed by atoms with E-state index in [2.05, 4.69) is 5.32 Å². The summed E-state index contributed by atoms with van der Waals surface area (Å²) in [5, 5.41) is 137. The average Bonchev–Trinajstić information content (AvgIpc) is 2.98. The molecule has 20 nitrogen and oxygen atoms in total. The number of carboxylic acid groups (broad SMARTS) is 1. The molecule has 3 aliphatic heterocycles. The number of aliphatic hydroxyl groups is 12. The van der Waals surface area contributed by atoms with Gasteiger partial charge in [0.05, 0.1) is 32.0 Å². The Balaban J connectivity index is 2.05. The zero-order chi connectivity index (χ0) is 33.5. The number of aliphatic carboxylic acids is 1. The molecule has 0 bridgehead atoms. The number of carbonyl (C=O) groups excluding carboxylic acids is 1. The SMILES string of the molecule is [2H]C1[C@H](O)[C@@H](NC(C)=O)[C@H]([C@H](O)[C@H](O)CO)OC1(C(=O)O)C1(O)O[C@H](CO)[C@@H](O[C@@H]2O[C@H](CO)[C@H](O)[C@H](O)[C@H]2O)[C@H](O)[C@H]1O. The molecule has 0 aromatic rings. The van der Waals surface area contributed by atoms with Gasteiger partial charge < -0.3 is 90.6 Å². The molecule has 0 aromatic carbocycles. The van der Waals surface area contributed by atoms with Crippen molar-refractivity contribution >= 4 is 11.9 Å². The van der Waals surface area contributed by atoms with Crippen LogP contribution in [0, 0.1) is 0 Å². The van der Waals surface area contributed by atoms with Gasteiger partial charge in [0.2, 0.25) is 17.3 Å². The van der Waals surface area contributed by atoms with Crippen LogP contribution in [0.1, 0.15) is 14.7 Å². The van der Waals surface area contributed by atoms with Crippen LogP contribution in [0.2, 0.25) is 0 Å². The monoisotopic (exact) mass is 634 g/mol. The van der Waals surface area contributed by atoms with Gasteiger partial charge in [-0.2, -0.15) is 0 Å². The minimum absolute atomic E-state index is 0.885. The predicted molar refractivity (Wildman–Crippen MR) is 130 cm³/mol. The highest BCUT2D eigenvalue weighted by molar-refractivity contribution is 5.80. The lowest BCUT2D eigenvalue weighted by molar-refractivity contribution is -0.428. The summed E-state index contributed by atoms with van der Waals surface area (Å²) in [6.07, 6.45) is -30.5. The van der Waals surface area contributed by atoms with Crippen molar-refractivity contribution in [1.29, 1.82) is 0 Å². The third kappa shape index (κ3) is 6.37. The van der Waals surface area contributed by atoms with E-state index < -0.39 is 135 Å². The van der Waals surface area contributed by atoms with E-state index in [1.54, 1.807) is 0 Å². The first-order chi connectivity index (χ1) is 20.4. The third-order valence-corrected chi connectivity index (χ3v) is 7.67. The molecule has 0 aliphatic carbocycles. The summed E-state index contributed by atoms with van der Waals surface area (Å²) in [4.78, 5) is 24.6. The lowest BCUT2D eigenvalue weighted by Crippen LogP contribution is -2.80. The Hall–Kier alpha value is -1.70. The maximum atomic E-state index is 12.8. The Morgan fingerprint density at radius 2 is 1.58 bits per heavy atom. The van der Waals surface area contributed by atoms with Gasteiger partial charge in [-0.15, -0.1) is 0 Å². The maximum absolute atomic E-state index is 12.8. The maximum Gasteiger partial charge on any atom is 0.341 e. The normalized spacial score (nSPS) is 49.0. The molecule has 17 atom stereocenters. The second-order valence-electron chi connectivity index (χ2n) is 10.5. The summed E-state index contributed by atoms with van der Waals surface area (Å²) in [5.41, 5.74) is -3.69. The van der Waals surface area contributed by atoms with Crippen molar-refractivity contribution in [2.24, 2.45) is 0 Å². The Morgan fingerprint density at radius 3 is 2.09 bits per heavy atom. The minimum Gasteiger partial charge on any atom is -0.479 e. The largest absolute Gasteiger partial charge is 0.479 e. The lowest BCUT2D eigenvalue weighted by atomic mass is 9.74. The fourth-order valence-electron chi connectivity index (χ4n) is 5.31. The van der Waals surface area contributed by atoms with Crippen LogP contribution in [0.3, 0.4) is 0 Å². The van der Waals surface area contributed by atoms with Crippen LogP contribution < -0.4 is 5.32 Å². The molecule has 0 saturated carbocycles. The molecule has 3 unspecified atom stereocenters. The highest BCUT2D eigenvalue weighted by Crippen LogP contribution is 2.46. The van der Waals surface area contributed by atoms with E-state index in [4.69, 9.17) is 20.3 Å². The molecule has 0 aromatic heterocycles. The quantitative estimate of drug-likeness (QED) is 0.106. The molecule has 0 spiro atoms. The van der Waals surface area contributed by atoms with Crippen LogP contribution in [0.25, 0.3) is 0 Å². The molecule has 3 aliphatic rings. The first kappa shape index (κ1) is 34.2. The summed E-state index contributed by atoms with van der Waals surface area (Å²) >= 11 is 0. The summed E-state index contributed by atoms with van der Waals surface area (Å²) in [5.74, 6) is -7.04. The Bertz CT molecular complexity index is 1010. The zero-order valence-corrected chi connectivity index (χ0v) is 22.5. The smallest absolute Gasteiger partial charge is 0.341 e. The summed E-state index contributed by atoms with van der Waals surface area (Å²) in [7, 11) is 0. The summed E-state index contributed by atoms with van der Waals surface area (Å²) < 4.78 is 29.8. The van der Waals surface area contributed by atoms with Gasteiger partial charge in [0.25, 0.3) is 0 Å². The van der Waals surface area contributed by atoms with Crippen molar-refractivity contribution in [1.82, 2.24) is 5.32 Å². The second kappa shape index (κ2) is 13.7. The number of amides is 1. The van der Waals surface area contributed by atoms with Crippen molar-refractivity contribution in [3.05, 3.63) is 0 Å².